The van der Waals surface area contributed by atoms with Crippen molar-refractivity contribution >= 4 is 17.6 Å². The molecule has 29 heavy (non-hydrogen) atoms. The van der Waals surface area contributed by atoms with Gasteiger partial charge in [-0.05, 0) is 41.5 Å². The van der Waals surface area contributed by atoms with Gasteiger partial charge in [0.2, 0.25) is 6.29 Å². The van der Waals surface area contributed by atoms with Crippen molar-refractivity contribution in [2.75, 3.05) is 6.61 Å². The topological polar surface area (TPSA) is 55.8 Å². The van der Waals surface area contributed by atoms with E-state index in [4.69, 9.17) is 9.47 Å². The lowest BCUT2D eigenvalue weighted by atomic mass is 9.75. The number of rotatable bonds is 2. The zero-order valence-electron chi connectivity index (χ0n) is 15.4. The van der Waals surface area contributed by atoms with Gasteiger partial charge in [0.1, 0.15) is 5.82 Å². The van der Waals surface area contributed by atoms with Gasteiger partial charge < -0.3 is 14.4 Å². The van der Waals surface area contributed by atoms with Crippen molar-refractivity contribution in [2.24, 2.45) is 11.8 Å². The molecule has 0 saturated carbocycles. The van der Waals surface area contributed by atoms with Crippen molar-refractivity contribution in [1.29, 1.82) is 0 Å². The van der Waals surface area contributed by atoms with Crippen LogP contribution in [0.3, 0.4) is 0 Å². The first-order valence-electron chi connectivity index (χ1n) is 9.78. The molecule has 0 aromatic heterocycles. The minimum atomic E-state index is -0.846. The molecule has 2 aromatic rings. The summed E-state index contributed by atoms with van der Waals surface area (Å²) >= 11 is 0. The van der Waals surface area contributed by atoms with Gasteiger partial charge in [-0.25, -0.2) is 4.39 Å². The number of hydrogen-bond acceptors (Lipinski definition) is 5. The van der Waals surface area contributed by atoms with Crippen LogP contribution in [0.2, 0.25) is 0 Å². The number of nitrogens with zero attached hydrogens (tertiary/aromatic N) is 1. The summed E-state index contributed by atoms with van der Waals surface area (Å²) in [6.45, 7) is 0.302. The number of carbonyl (C=O) groups excluding carboxylic acids is 2. The third-order valence-electron chi connectivity index (χ3n) is 6.60. The fourth-order valence-electron chi connectivity index (χ4n) is 5.40. The summed E-state index contributed by atoms with van der Waals surface area (Å²) < 4.78 is 24.8. The Morgan fingerprint density at radius 2 is 1.90 bits per heavy atom. The zero-order valence-corrected chi connectivity index (χ0v) is 15.4. The first kappa shape index (κ1) is 17.1. The molecule has 6 rings (SSSR count). The van der Waals surface area contributed by atoms with E-state index in [1.54, 1.807) is 0 Å². The molecule has 0 radical (unpaired) electrons. The third-order valence-corrected chi connectivity index (χ3v) is 6.60. The van der Waals surface area contributed by atoms with Crippen molar-refractivity contribution in [3.05, 3.63) is 77.2 Å². The van der Waals surface area contributed by atoms with E-state index in [1.807, 2.05) is 41.4 Å². The molecule has 5 nitrogen and oxygen atoms in total. The quantitative estimate of drug-likeness (QED) is 0.737. The first-order valence-corrected chi connectivity index (χ1v) is 9.78. The maximum absolute atomic E-state index is 13.6. The molecule has 2 bridgehead atoms. The minimum Gasteiger partial charge on any atom is -0.359 e. The lowest BCUT2D eigenvalue weighted by Gasteiger charge is -2.34. The molecule has 2 unspecified atom stereocenters. The number of ketones is 2. The summed E-state index contributed by atoms with van der Waals surface area (Å²) in [4.78, 5) is 28.8. The van der Waals surface area contributed by atoms with Crippen LogP contribution in [0.4, 0.5) is 4.39 Å². The lowest BCUT2D eigenvalue weighted by Crippen LogP contribution is -2.48. The molecule has 4 aliphatic rings. The average molecular weight is 391 g/mol. The zero-order chi connectivity index (χ0) is 19.7. The number of halogens is 1. The van der Waals surface area contributed by atoms with Crippen LogP contribution in [0.25, 0.3) is 6.08 Å². The number of hydrogen-bond donors (Lipinski definition) is 0. The SMILES string of the molecule is O=C1C2OCC(O2)[C@@H]2[C@H]1[C@H]1c3ccccc3C=CN1[C@@H]2C(=O)c1ccc(F)cc1. The van der Waals surface area contributed by atoms with Crippen LogP contribution in [0.1, 0.15) is 27.5 Å². The molecule has 0 amide bonds. The van der Waals surface area contributed by atoms with E-state index in [9.17, 15) is 14.0 Å². The molecule has 0 N–H and O–H groups in total. The highest BCUT2D eigenvalue weighted by molar-refractivity contribution is 6.02. The lowest BCUT2D eigenvalue weighted by molar-refractivity contribution is -0.164. The van der Waals surface area contributed by atoms with E-state index < -0.39 is 18.1 Å². The third kappa shape index (κ3) is 2.33. The molecule has 0 aliphatic carbocycles. The van der Waals surface area contributed by atoms with Gasteiger partial charge >= 0.3 is 0 Å². The number of fused-ring (bicyclic) bond motifs is 8. The van der Waals surface area contributed by atoms with Crippen LogP contribution >= 0.6 is 0 Å². The van der Waals surface area contributed by atoms with E-state index >= 15 is 0 Å². The molecule has 6 heteroatoms. The number of Topliss-reactive ketones (excluding diaryl/α,β-unsaturated/α-hetero) is 2. The van der Waals surface area contributed by atoms with Crippen molar-refractivity contribution < 1.29 is 23.5 Å². The number of benzene rings is 2. The maximum atomic E-state index is 13.6. The molecular formula is C23H18FNO4. The van der Waals surface area contributed by atoms with E-state index in [2.05, 4.69) is 0 Å². The number of ether oxygens (including phenoxy) is 2. The van der Waals surface area contributed by atoms with Gasteiger partial charge in [-0.15, -0.1) is 0 Å². The summed E-state index contributed by atoms with van der Waals surface area (Å²) in [6, 6.07) is 12.7. The highest BCUT2D eigenvalue weighted by Gasteiger charge is 2.63. The van der Waals surface area contributed by atoms with Crippen LogP contribution in [-0.4, -0.2) is 41.5 Å². The van der Waals surface area contributed by atoms with Crippen LogP contribution in [0.15, 0.2) is 54.7 Å². The Bertz CT molecular complexity index is 1050. The Morgan fingerprint density at radius 3 is 2.72 bits per heavy atom. The smallest absolute Gasteiger partial charge is 0.218 e. The Labute approximate surface area is 166 Å². The number of carbonyl (C=O) groups is 2. The van der Waals surface area contributed by atoms with E-state index in [0.717, 1.165) is 11.1 Å². The summed E-state index contributed by atoms with van der Waals surface area (Å²) in [5.74, 6) is -1.33. The van der Waals surface area contributed by atoms with Gasteiger partial charge in [0.25, 0.3) is 0 Å². The van der Waals surface area contributed by atoms with Gasteiger partial charge in [0.05, 0.1) is 30.7 Å². The monoisotopic (exact) mass is 391 g/mol. The van der Waals surface area contributed by atoms with Gasteiger partial charge in [0.15, 0.2) is 11.6 Å². The van der Waals surface area contributed by atoms with Crippen molar-refractivity contribution in [1.82, 2.24) is 4.90 Å². The van der Waals surface area contributed by atoms with Gasteiger partial charge in [-0.1, -0.05) is 24.3 Å². The second-order valence-corrected chi connectivity index (χ2v) is 8.00. The Morgan fingerprint density at radius 1 is 1.10 bits per heavy atom. The summed E-state index contributed by atoms with van der Waals surface area (Å²) in [5.41, 5.74) is 2.51. The van der Waals surface area contributed by atoms with Crippen LogP contribution in [0.5, 0.6) is 0 Å². The fourth-order valence-corrected chi connectivity index (χ4v) is 5.40. The van der Waals surface area contributed by atoms with Gasteiger partial charge in [-0.2, -0.15) is 0 Å². The van der Waals surface area contributed by atoms with Gasteiger partial charge in [-0.3, -0.25) is 9.59 Å². The predicted molar refractivity (Wildman–Crippen MR) is 101 cm³/mol. The normalized spacial score (nSPS) is 34.0. The molecular weight excluding hydrogens is 373 g/mol. The highest BCUT2D eigenvalue weighted by Crippen LogP contribution is 2.54. The van der Waals surface area contributed by atoms with Crippen LogP contribution in [-0.2, 0) is 14.3 Å². The Balaban J connectivity index is 1.50. The standard InChI is InChI=1S/C23H18FNO4/c24-14-7-5-13(6-8-14)21(26)20-17-16-11-28-23(29-16)22(27)18(17)19-15-4-2-1-3-12(15)9-10-25(19)20/h1-10,16-20,23H,11H2/t16?,17-,18+,19-,20+,23?/m1/s1. The molecule has 6 atom stereocenters. The highest BCUT2D eigenvalue weighted by atomic mass is 19.1. The van der Waals surface area contributed by atoms with Crippen LogP contribution < -0.4 is 0 Å². The molecule has 3 fully saturated rings. The fraction of sp³-hybridized carbons (Fsp3) is 0.304. The molecule has 3 saturated heterocycles. The van der Waals surface area contributed by atoms with Crippen LogP contribution in [0, 0.1) is 17.7 Å². The van der Waals surface area contributed by atoms with Crippen molar-refractivity contribution in [3.8, 4) is 0 Å². The van der Waals surface area contributed by atoms with E-state index in [1.165, 1.54) is 24.3 Å². The predicted octanol–water partition coefficient (Wildman–Crippen LogP) is 2.97. The van der Waals surface area contributed by atoms with Crippen molar-refractivity contribution in [2.45, 2.75) is 24.5 Å². The van der Waals surface area contributed by atoms with Gasteiger partial charge in [0, 0.05) is 17.7 Å². The molecule has 146 valence electrons. The average Bonchev–Trinajstić information content (AvgIpc) is 3.33. The van der Waals surface area contributed by atoms with Crippen molar-refractivity contribution in [3.63, 3.8) is 0 Å². The summed E-state index contributed by atoms with van der Waals surface area (Å²) in [6.07, 6.45) is 2.73. The second-order valence-electron chi connectivity index (χ2n) is 8.00. The molecule has 2 aromatic carbocycles. The maximum Gasteiger partial charge on any atom is 0.218 e. The Hall–Kier alpha value is -2.83. The summed E-state index contributed by atoms with van der Waals surface area (Å²) in [7, 11) is 0. The largest absolute Gasteiger partial charge is 0.359 e. The minimum absolute atomic E-state index is 0.0988. The van der Waals surface area contributed by atoms with E-state index in [0.29, 0.717) is 12.2 Å². The Kier molecular flexibility index (Phi) is 3.58. The van der Waals surface area contributed by atoms with E-state index in [-0.39, 0.29) is 35.5 Å². The molecule has 4 aliphatic heterocycles. The summed E-state index contributed by atoms with van der Waals surface area (Å²) in [5, 5.41) is 0. The first-order chi connectivity index (χ1) is 14.1. The molecule has 4 heterocycles. The molecule has 0 spiro atoms. The second kappa shape index (κ2) is 6.08.